The van der Waals surface area contributed by atoms with Gasteiger partial charge in [0, 0.05) is 19.7 Å². The third-order valence-corrected chi connectivity index (χ3v) is 2.20. The Balaban J connectivity index is 2.57. The van der Waals surface area contributed by atoms with Gasteiger partial charge < -0.3 is 4.90 Å². The second kappa shape index (κ2) is 5.80. The third kappa shape index (κ3) is 3.49. The Hall–Kier alpha value is -0.840. The number of carbonyl (C=O) groups excluding carboxylic acids is 1. The summed E-state index contributed by atoms with van der Waals surface area (Å²) in [6.45, 7) is 0.653. The Morgan fingerprint density at radius 1 is 1.43 bits per heavy atom. The SMILES string of the molecule is CN(Cc1ccccc1)C(=O)/C=C/I. The van der Waals surface area contributed by atoms with Gasteiger partial charge in [-0.2, -0.15) is 0 Å². The quantitative estimate of drug-likeness (QED) is 0.621. The molecule has 3 heteroatoms. The van der Waals surface area contributed by atoms with Crippen molar-refractivity contribution in [2.24, 2.45) is 0 Å². The summed E-state index contributed by atoms with van der Waals surface area (Å²) in [4.78, 5) is 13.1. The van der Waals surface area contributed by atoms with Crippen LogP contribution in [-0.4, -0.2) is 17.9 Å². The van der Waals surface area contributed by atoms with E-state index in [1.54, 1.807) is 22.1 Å². The highest BCUT2D eigenvalue weighted by Crippen LogP contribution is 2.03. The summed E-state index contributed by atoms with van der Waals surface area (Å²) in [5.74, 6) is 0.0308. The first-order valence-electron chi connectivity index (χ1n) is 4.30. The fraction of sp³-hybridized carbons (Fsp3) is 0.182. The van der Waals surface area contributed by atoms with E-state index in [1.807, 2.05) is 52.9 Å². The molecule has 74 valence electrons. The van der Waals surface area contributed by atoms with Gasteiger partial charge >= 0.3 is 0 Å². The number of likely N-dealkylation sites (N-methyl/N-ethyl adjacent to an activating group) is 1. The summed E-state index contributed by atoms with van der Waals surface area (Å²) >= 11 is 2.04. The highest BCUT2D eigenvalue weighted by molar-refractivity contribution is 14.1. The lowest BCUT2D eigenvalue weighted by Gasteiger charge is -2.14. The first-order chi connectivity index (χ1) is 6.74. The highest BCUT2D eigenvalue weighted by atomic mass is 127. The van der Waals surface area contributed by atoms with Crippen LogP contribution in [0.2, 0.25) is 0 Å². The van der Waals surface area contributed by atoms with Gasteiger partial charge in [0.15, 0.2) is 0 Å². The summed E-state index contributed by atoms with van der Waals surface area (Å²) < 4.78 is 1.72. The molecule has 0 N–H and O–H groups in total. The summed E-state index contributed by atoms with van der Waals surface area (Å²) in [5.41, 5.74) is 1.14. The molecule has 0 atom stereocenters. The predicted octanol–water partition coefficient (Wildman–Crippen LogP) is 2.59. The van der Waals surface area contributed by atoms with E-state index >= 15 is 0 Å². The van der Waals surface area contributed by atoms with Gasteiger partial charge in [0.2, 0.25) is 5.91 Å². The topological polar surface area (TPSA) is 20.3 Å². The maximum atomic E-state index is 11.4. The lowest BCUT2D eigenvalue weighted by atomic mass is 10.2. The van der Waals surface area contributed by atoms with Crippen LogP contribution in [0.1, 0.15) is 5.56 Å². The van der Waals surface area contributed by atoms with E-state index in [0.29, 0.717) is 6.54 Å². The average Bonchev–Trinajstić information content (AvgIpc) is 2.19. The number of nitrogens with zero attached hydrogens (tertiary/aromatic N) is 1. The van der Waals surface area contributed by atoms with Crippen LogP contribution >= 0.6 is 22.6 Å². The molecule has 0 aliphatic heterocycles. The molecule has 2 nitrogen and oxygen atoms in total. The number of hydrogen-bond acceptors (Lipinski definition) is 1. The van der Waals surface area contributed by atoms with Crippen molar-refractivity contribution in [2.75, 3.05) is 7.05 Å². The van der Waals surface area contributed by atoms with Crippen LogP contribution in [0.25, 0.3) is 0 Å². The van der Waals surface area contributed by atoms with Crippen LogP contribution in [0.15, 0.2) is 40.5 Å². The third-order valence-electron chi connectivity index (χ3n) is 1.84. The van der Waals surface area contributed by atoms with Crippen molar-refractivity contribution in [3.63, 3.8) is 0 Å². The first-order valence-corrected chi connectivity index (χ1v) is 5.54. The van der Waals surface area contributed by atoms with Gasteiger partial charge in [-0.3, -0.25) is 4.79 Å². The molecule has 0 saturated carbocycles. The van der Waals surface area contributed by atoms with E-state index in [2.05, 4.69) is 0 Å². The van der Waals surface area contributed by atoms with Crippen LogP contribution in [0.3, 0.4) is 0 Å². The van der Waals surface area contributed by atoms with Gasteiger partial charge in [-0.1, -0.05) is 52.9 Å². The molecule has 0 aromatic heterocycles. The summed E-state index contributed by atoms with van der Waals surface area (Å²) in [5, 5.41) is 0. The van der Waals surface area contributed by atoms with Gasteiger partial charge in [-0.15, -0.1) is 0 Å². The van der Waals surface area contributed by atoms with Crippen LogP contribution in [0.5, 0.6) is 0 Å². The zero-order valence-corrected chi connectivity index (χ0v) is 10.1. The molecule has 0 saturated heterocycles. The van der Waals surface area contributed by atoms with Gasteiger partial charge in [0.25, 0.3) is 0 Å². The number of carbonyl (C=O) groups is 1. The number of rotatable bonds is 3. The number of benzene rings is 1. The maximum Gasteiger partial charge on any atom is 0.247 e. The molecule has 0 unspecified atom stereocenters. The maximum absolute atomic E-state index is 11.4. The van der Waals surface area contributed by atoms with E-state index in [4.69, 9.17) is 0 Å². The van der Waals surface area contributed by atoms with E-state index in [-0.39, 0.29) is 5.91 Å². The Labute approximate surface area is 97.7 Å². The normalized spacial score (nSPS) is 10.4. The second-order valence-corrected chi connectivity index (χ2v) is 3.69. The minimum atomic E-state index is 0.0308. The predicted molar refractivity (Wildman–Crippen MR) is 66.1 cm³/mol. The number of halogens is 1. The molecule has 0 spiro atoms. The molecule has 1 aromatic carbocycles. The van der Waals surface area contributed by atoms with Crippen molar-refractivity contribution >= 4 is 28.5 Å². The van der Waals surface area contributed by atoms with Gasteiger partial charge in [-0.05, 0) is 9.65 Å². The molecular weight excluding hydrogens is 289 g/mol. The molecule has 1 aromatic rings. The first kappa shape index (κ1) is 11.2. The summed E-state index contributed by atoms with van der Waals surface area (Å²) in [6.07, 6.45) is 1.56. The van der Waals surface area contributed by atoms with Crippen molar-refractivity contribution in [1.29, 1.82) is 0 Å². The van der Waals surface area contributed by atoms with E-state index < -0.39 is 0 Å². The smallest absolute Gasteiger partial charge is 0.247 e. The average molecular weight is 301 g/mol. The largest absolute Gasteiger partial charge is 0.338 e. The summed E-state index contributed by atoms with van der Waals surface area (Å²) in [6, 6.07) is 9.94. The van der Waals surface area contributed by atoms with E-state index in [0.717, 1.165) is 5.56 Å². The minimum absolute atomic E-state index is 0.0308. The van der Waals surface area contributed by atoms with Crippen molar-refractivity contribution in [1.82, 2.24) is 4.90 Å². The van der Waals surface area contributed by atoms with Crippen LogP contribution in [0, 0.1) is 0 Å². The number of amides is 1. The van der Waals surface area contributed by atoms with Gasteiger partial charge in [0.1, 0.15) is 0 Å². The molecule has 14 heavy (non-hydrogen) atoms. The zero-order valence-electron chi connectivity index (χ0n) is 7.98. The van der Waals surface area contributed by atoms with Crippen LogP contribution < -0.4 is 0 Å². The Kier molecular flexibility index (Phi) is 4.65. The molecule has 0 heterocycles. The van der Waals surface area contributed by atoms with Gasteiger partial charge in [0.05, 0.1) is 0 Å². The molecule has 1 amide bonds. The van der Waals surface area contributed by atoms with Crippen molar-refractivity contribution in [3.8, 4) is 0 Å². The fourth-order valence-corrected chi connectivity index (χ4v) is 1.42. The summed E-state index contributed by atoms with van der Waals surface area (Å²) in [7, 11) is 1.80. The van der Waals surface area contributed by atoms with E-state index in [9.17, 15) is 4.79 Å². The van der Waals surface area contributed by atoms with Crippen molar-refractivity contribution in [3.05, 3.63) is 46.1 Å². The fourth-order valence-electron chi connectivity index (χ4n) is 1.12. The highest BCUT2D eigenvalue weighted by Gasteiger charge is 2.04. The Morgan fingerprint density at radius 2 is 2.07 bits per heavy atom. The van der Waals surface area contributed by atoms with Gasteiger partial charge in [-0.25, -0.2) is 0 Å². The minimum Gasteiger partial charge on any atom is -0.338 e. The van der Waals surface area contributed by atoms with Crippen molar-refractivity contribution < 1.29 is 4.79 Å². The van der Waals surface area contributed by atoms with Crippen molar-refractivity contribution in [2.45, 2.75) is 6.54 Å². The number of hydrogen-bond donors (Lipinski definition) is 0. The molecular formula is C11H12INO. The molecule has 0 fully saturated rings. The monoisotopic (exact) mass is 301 g/mol. The zero-order chi connectivity index (χ0) is 10.4. The Bertz CT molecular complexity index is 321. The van der Waals surface area contributed by atoms with Crippen LogP contribution in [-0.2, 0) is 11.3 Å². The standard InChI is InChI=1S/C11H12INO/c1-13(11(14)7-8-12)9-10-5-3-2-4-6-10/h2-8H,9H2,1H3/b8-7+. The molecule has 0 aliphatic carbocycles. The molecule has 0 bridgehead atoms. The second-order valence-electron chi connectivity index (χ2n) is 2.97. The lowest BCUT2D eigenvalue weighted by molar-refractivity contribution is -0.125. The van der Waals surface area contributed by atoms with Crippen LogP contribution in [0.4, 0.5) is 0 Å². The molecule has 0 radical (unpaired) electrons. The molecule has 0 aliphatic rings. The lowest BCUT2D eigenvalue weighted by Crippen LogP contribution is -2.23. The molecule has 1 rings (SSSR count). The Morgan fingerprint density at radius 3 is 2.64 bits per heavy atom. The van der Waals surface area contributed by atoms with E-state index in [1.165, 1.54) is 0 Å².